The maximum atomic E-state index is 13.5. The fourth-order valence-corrected chi connectivity index (χ4v) is 6.97. The first-order valence-corrected chi connectivity index (χ1v) is 17.8. The first-order valence-electron chi connectivity index (χ1n) is 17.8. The first-order chi connectivity index (χ1) is 24.0. The highest BCUT2D eigenvalue weighted by molar-refractivity contribution is 5.87. The molecule has 264 valence electrons. The highest BCUT2D eigenvalue weighted by Crippen LogP contribution is 2.35. The first kappa shape index (κ1) is 34.9. The number of rotatable bonds is 10. The van der Waals surface area contributed by atoms with E-state index in [0.717, 1.165) is 77.3 Å². The molecular formula is C39H49N7O4. The lowest BCUT2D eigenvalue weighted by Gasteiger charge is -2.29. The molecule has 0 radical (unpaired) electrons. The average Bonchev–Trinajstić information content (AvgIpc) is 3.94. The van der Waals surface area contributed by atoms with Crippen LogP contribution in [-0.2, 0) is 14.3 Å². The molecule has 4 aromatic rings. The van der Waals surface area contributed by atoms with Crippen LogP contribution in [0.5, 0.6) is 0 Å². The lowest BCUT2D eigenvalue weighted by molar-refractivity contribution is -0.137. The van der Waals surface area contributed by atoms with Crippen molar-refractivity contribution in [1.82, 2.24) is 35.1 Å². The van der Waals surface area contributed by atoms with Crippen LogP contribution in [0.3, 0.4) is 0 Å². The molecule has 2 aliphatic rings. The number of likely N-dealkylation sites (tertiary alicyclic amines) is 2. The molecule has 0 saturated carbocycles. The minimum Gasteiger partial charge on any atom is -0.453 e. The summed E-state index contributed by atoms with van der Waals surface area (Å²) in [5, 5.41) is 2.70. The van der Waals surface area contributed by atoms with Crippen LogP contribution in [0, 0.1) is 17.8 Å². The quantitative estimate of drug-likeness (QED) is 0.153. The van der Waals surface area contributed by atoms with Gasteiger partial charge in [0.25, 0.3) is 0 Å². The summed E-state index contributed by atoms with van der Waals surface area (Å²) in [5.41, 5.74) is 5.70. The second-order valence-corrected chi connectivity index (χ2v) is 14.3. The lowest BCUT2D eigenvalue weighted by Crippen LogP contribution is -2.51. The van der Waals surface area contributed by atoms with E-state index in [1.54, 1.807) is 0 Å². The fourth-order valence-electron chi connectivity index (χ4n) is 6.97. The summed E-state index contributed by atoms with van der Waals surface area (Å²) in [6.45, 7) is 11.4. The molecule has 2 aromatic heterocycles. The third-order valence-electron chi connectivity index (χ3n) is 10.3. The molecule has 50 heavy (non-hydrogen) atoms. The number of aromatic amines is 2. The van der Waals surface area contributed by atoms with Crippen molar-refractivity contribution in [2.24, 2.45) is 17.8 Å². The zero-order valence-electron chi connectivity index (χ0n) is 29.9. The van der Waals surface area contributed by atoms with Crippen molar-refractivity contribution in [3.63, 3.8) is 0 Å². The van der Waals surface area contributed by atoms with Gasteiger partial charge in [-0.3, -0.25) is 9.59 Å². The van der Waals surface area contributed by atoms with E-state index >= 15 is 0 Å². The molecule has 3 amide bonds. The van der Waals surface area contributed by atoms with Crippen molar-refractivity contribution in [2.45, 2.75) is 78.4 Å². The van der Waals surface area contributed by atoms with Crippen molar-refractivity contribution in [2.75, 3.05) is 20.2 Å². The Kier molecular flexibility index (Phi) is 10.4. The SMILES string of the molecule is COC(=O)N[C@H](C(=O)N1CCC[C@H]1c1nc2cc(/C=C/c3ccc(-c4c[nH]c([C@@H]5CCCN5C(=O)[C@@H](C)C(C)C)n4)cc3)ccc2[nH]1)C(C)C. The summed E-state index contributed by atoms with van der Waals surface area (Å²) < 4.78 is 4.76. The van der Waals surface area contributed by atoms with E-state index in [9.17, 15) is 14.4 Å². The number of imidazole rings is 2. The molecule has 0 unspecified atom stereocenters. The van der Waals surface area contributed by atoms with Gasteiger partial charge >= 0.3 is 6.09 Å². The summed E-state index contributed by atoms with van der Waals surface area (Å²) in [5.74, 6) is 1.89. The highest BCUT2D eigenvalue weighted by Gasteiger charge is 2.38. The van der Waals surface area contributed by atoms with Crippen molar-refractivity contribution >= 4 is 41.1 Å². The van der Waals surface area contributed by atoms with Gasteiger partial charge in [-0.2, -0.15) is 0 Å². The van der Waals surface area contributed by atoms with E-state index in [1.807, 2.05) is 55.0 Å². The summed E-state index contributed by atoms with van der Waals surface area (Å²) in [6.07, 6.45) is 9.03. The number of benzene rings is 2. The fraction of sp³-hybridized carbons (Fsp3) is 0.462. The molecule has 2 aromatic carbocycles. The number of ether oxygens (including phenoxy) is 1. The summed E-state index contributed by atoms with van der Waals surface area (Å²) in [6, 6.07) is 13.5. The Morgan fingerprint density at radius 1 is 0.840 bits per heavy atom. The van der Waals surface area contributed by atoms with Crippen LogP contribution >= 0.6 is 0 Å². The van der Waals surface area contributed by atoms with Crippen LogP contribution < -0.4 is 5.32 Å². The average molecular weight is 680 g/mol. The molecule has 11 nitrogen and oxygen atoms in total. The predicted octanol–water partition coefficient (Wildman–Crippen LogP) is 7.12. The lowest BCUT2D eigenvalue weighted by atomic mass is 9.96. The van der Waals surface area contributed by atoms with Crippen molar-refractivity contribution in [3.8, 4) is 11.3 Å². The number of fused-ring (bicyclic) bond motifs is 1. The number of hydrogen-bond donors (Lipinski definition) is 3. The normalized spacial score (nSPS) is 19.2. The molecule has 6 rings (SSSR count). The molecule has 2 saturated heterocycles. The van der Waals surface area contributed by atoms with Gasteiger partial charge in [-0.1, -0.05) is 77.1 Å². The zero-order chi connectivity index (χ0) is 35.5. The summed E-state index contributed by atoms with van der Waals surface area (Å²) in [7, 11) is 1.30. The van der Waals surface area contributed by atoms with Crippen LogP contribution in [-0.4, -0.2) is 73.9 Å². The van der Waals surface area contributed by atoms with Crippen molar-refractivity contribution < 1.29 is 19.1 Å². The molecule has 0 bridgehead atoms. The van der Waals surface area contributed by atoms with Gasteiger partial charge in [0.05, 0.1) is 35.9 Å². The number of nitrogens with one attached hydrogen (secondary N) is 3. The van der Waals surface area contributed by atoms with E-state index in [2.05, 4.69) is 65.5 Å². The number of carbonyl (C=O) groups is 3. The monoisotopic (exact) mass is 679 g/mol. The van der Waals surface area contributed by atoms with Crippen LogP contribution in [0.4, 0.5) is 4.79 Å². The van der Waals surface area contributed by atoms with Gasteiger partial charge in [-0.15, -0.1) is 0 Å². The molecule has 0 aliphatic carbocycles. The second-order valence-electron chi connectivity index (χ2n) is 14.3. The molecular weight excluding hydrogens is 630 g/mol. The van der Waals surface area contributed by atoms with Gasteiger partial charge in [-0.05, 0) is 60.8 Å². The number of alkyl carbamates (subject to hydrolysis) is 1. The Balaban J connectivity index is 1.12. The molecule has 4 atom stereocenters. The van der Waals surface area contributed by atoms with Gasteiger partial charge in [-0.25, -0.2) is 14.8 Å². The molecule has 11 heteroatoms. The van der Waals surface area contributed by atoms with Gasteiger partial charge < -0.3 is 29.8 Å². The number of methoxy groups -OCH3 is 1. The Labute approximate surface area is 293 Å². The number of aromatic nitrogens is 4. The van der Waals surface area contributed by atoms with E-state index in [0.29, 0.717) is 12.5 Å². The summed E-state index contributed by atoms with van der Waals surface area (Å²) >= 11 is 0. The topological polar surface area (TPSA) is 136 Å². The van der Waals surface area contributed by atoms with E-state index < -0.39 is 12.1 Å². The molecule has 4 heterocycles. The largest absolute Gasteiger partial charge is 0.453 e. The maximum absolute atomic E-state index is 13.5. The smallest absolute Gasteiger partial charge is 0.407 e. The highest BCUT2D eigenvalue weighted by atomic mass is 16.5. The third-order valence-corrected chi connectivity index (χ3v) is 10.3. The number of hydrogen-bond acceptors (Lipinski definition) is 6. The standard InChI is InChI=1S/C39H49N7O4/c1-23(2)25(5)37(47)45-19-7-9-32(45)35-40-22-31(43-35)28-16-13-26(14-17-28)11-12-27-15-18-29-30(21-27)42-36(41-29)33-10-8-20-46(33)38(48)34(24(3)4)44-39(49)50-6/h11-18,21-25,32-34H,7-10,19-20H2,1-6H3,(H,40,43)(H,41,42)(H,44,49)/b12-11+/t25-,32-,33-,34-/m0/s1. The summed E-state index contributed by atoms with van der Waals surface area (Å²) in [4.78, 5) is 59.0. The maximum Gasteiger partial charge on any atom is 0.407 e. The van der Waals surface area contributed by atoms with Crippen LogP contribution in [0.1, 0.15) is 95.2 Å². The van der Waals surface area contributed by atoms with Gasteiger partial charge in [0.2, 0.25) is 11.8 Å². The minimum absolute atomic E-state index is 0.00486. The van der Waals surface area contributed by atoms with Crippen LogP contribution in [0.15, 0.2) is 48.7 Å². The van der Waals surface area contributed by atoms with E-state index in [4.69, 9.17) is 14.7 Å². The number of H-pyrrole nitrogens is 2. The van der Waals surface area contributed by atoms with E-state index in [-0.39, 0.29) is 35.7 Å². The van der Waals surface area contributed by atoms with Gasteiger partial charge in [0.1, 0.15) is 17.7 Å². The Hall–Kier alpha value is -4.93. The number of nitrogens with zero attached hydrogens (tertiary/aromatic N) is 4. The number of carbonyl (C=O) groups excluding carboxylic acids is 3. The number of amides is 3. The van der Waals surface area contributed by atoms with Crippen LogP contribution in [0.2, 0.25) is 0 Å². The van der Waals surface area contributed by atoms with E-state index in [1.165, 1.54) is 7.11 Å². The van der Waals surface area contributed by atoms with Gasteiger partial charge in [0, 0.05) is 30.8 Å². The predicted molar refractivity (Wildman–Crippen MR) is 195 cm³/mol. The molecule has 0 spiro atoms. The van der Waals surface area contributed by atoms with Crippen LogP contribution in [0.25, 0.3) is 34.4 Å². The zero-order valence-corrected chi connectivity index (χ0v) is 29.9. The third kappa shape index (κ3) is 7.32. The molecule has 2 aliphatic heterocycles. The second kappa shape index (κ2) is 14.9. The van der Waals surface area contributed by atoms with Crippen molar-refractivity contribution in [1.29, 1.82) is 0 Å². The Morgan fingerprint density at radius 3 is 2.14 bits per heavy atom. The Bertz CT molecular complexity index is 1860. The minimum atomic E-state index is -0.673. The van der Waals surface area contributed by atoms with Crippen molar-refractivity contribution in [3.05, 3.63) is 71.4 Å². The van der Waals surface area contributed by atoms with Gasteiger partial charge in [0.15, 0.2) is 0 Å². The molecule has 3 N–H and O–H groups in total. The molecule has 2 fully saturated rings. The Morgan fingerprint density at radius 2 is 1.48 bits per heavy atom.